The molecule has 31 heavy (non-hydrogen) atoms. The number of sulfonamides is 1. The smallest absolute Gasteiger partial charge is 0.260 e. The minimum atomic E-state index is -3.72. The number of aryl methyl sites for hydroxylation is 1. The van der Waals surface area contributed by atoms with Crippen molar-refractivity contribution in [1.29, 1.82) is 0 Å². The molecular formula is C22H26N4O4S. The molecule has 0 bridgehead atoms. The van der Waals surface area contributed by atoms with Crippen molar-refractivity contribution in [3.63, 3.8) is 0 Å². The molecule has 0 saturated carbocycles. The fourth-order valence-electron chi connectivity index (χ4n) is 2.96. The quantitative estimate of drug-likeness (QED) is 0.569. The largest absolute Gasteiger partial charge is 0.334 e. The summed E-state index contributed by atoms with van der Waals surface area (Å²) >= 11 is 0. The average molecular weight is 443 g/mol. The zero-order valence-corrected chi connectivity index (χ0v) is 18.9. The summed E-state index contributed by atoms with van der Waals surface area (Å²) in [4.78, 5) is 17.4. The Kier molecular flexibility index (Phi) is 6.56. The third-order valence-electron chi connectivity index (χ3n) is 4.50. The lowest BCUT2D eigenvalue weighted by Crippen LogP contribution is -2.30. The van der Waals surface area contributed by atoms with Crippen LogP contribution >= 0.6 is 0 Å². The van der Waals surface area contributed by atoms with E-state index in [1.165, 1.54) is 18.2 Å². The number of amides is 1. The number of rotatable bonds is 7. The number of hydrogen-bond donors (Lipinski definition) is 2. The molecule has 0 saturated heterocycles. The number of carbonyl (C=O) groups excluding carboxylic acids is 1. The van der Waals surface area contributed by atoms with E-state index in [4.69, 9.17) is 4.52 Å². The summed E-state index contributed by atoms with van der Waals surface area (Å²) in [6.45, 7) is 9.24. The molecule has 164 valence electrons. The van der Waals surface area contributed by atoms with Crippen molar-refractivity contribution in [2.75, 3.05) is 5.32 Å². The highest BCUT2D eigenvalue weighted by molar-refractivity contribution is 7.89. The average Bonchev–Trinajstić information content (AvgIpc) is 3.19. The first-order valence-electron chi connectivity index (χ1n) is 9.96. The highest BCUT2D eigenvalue weighted by atomic mass is 32.2. The minimum absolute atomic E-state index is 0.0253. The molecule has 8 nitrogen and oxygen atoms in total. The molecule has 1 heterocycles. The number of anilines is 1. The van der Waals surface area contributed by atoms with E-state index < -0.39 is 15.9 Å². The van der Waals surface area contributed by atoms with E-state index in [0.717, 1.165) is 5.56 Å². The molecule has 0 unspecified atom stereocenters. The number of hydrogen-bond acceptors (Lipinski definition) is 6. The van der Waals surface area contributed by atoms with E-state index in [1.807, 2.05) is 32.9 Å². The van der Waals surface area contributed by atoms with Crippen LogP contribution in [0.25, 0.3) is 11.5 Å². The van der Waals surface area contributed by atoms with Crippen LogP contribution in [0.4, 0.5) is 5.69 Å². The van der Waals surface area contributed by atoms with Crippen LogP contribution in [0.5, 0.6) is 0 Å². The van der Waals surface area contributed by atoms with E-state index >= 15 is 0 Å². The molecular weight excluding hydrogens is 416 g/mol. The Morgan fingerprint density at radius 1 is 1.06 bits per heavy atom. The van der Waals surface area contributed by atoms with Gasteiger partial charge in [-0.1, -0.05) is 37.2 Å². The number of benzene rings is 2. The SMILES string of the molecule is Cc1cccc(-c2nc(C(C)C)no2)c1NC(=O)c1cccc(S(=O)(=O)NC(C)C)c1. The molecule has 3 aromatic rings. The van der Waals surface area contributed by atoms with Crippen LogP contribution in [-0.4, -0.2) is 30.5 Å². The molecule has 0 aliphatic carbocycles. The number of aromatic nitrogens is 2. The van der Waals surface area contributed by atoms with Gasteiger partial charge in [-0.15, -0.1) is 0 Å². The van der Waals surface area contributed by atoms with Crippen molar-refractivity contribution in [3.8, 4) is 11.5 Å². The van der Waals surface area contributed by atoms with E-state index in [1.54, 1.807) is 26.0 Å². The highest BCUT2D eigenvalue weighted by Gasteiger charge is 2.20. The Hall–Kier alpha value is -3.04. The first kappa shape index (κ1) is 22.6. The molecule has 0 aliphatic heterocycles. The van der Waals surface area contributed by atoms with Gasteiger partial charge in [0.15, 0.2) is 5.82 Å². The summed E-state index contributed by atoms with van der Waals surface area (Å²) in [5.41, 5.74) is 2.15. The number of carbonyl (C=O) groups is 1. The summed E-state index contributed by atoms with van der Waals surface area (Å²) in [5, 5.41) is 6.86. The van der Waals surface area contributed by atoms with Gasteiger partial charge in [-0.3, -0.25) is 4.79 Å². The zero-order valence-electron chi connectivity index (χ0n) is 18.1. The normalized spacial score (nSPS) is 11.8. The molecule has 1 amide bonds. The third-order valence-corrected chi connectivity index (χ3v) is 6.15. The predicted octanol–water partition coefficient (Wildman–Crippen LogP) is 4.11. The van der Waals surface area contributed by atoms with E-state index in [-0.39, 0.29) is 22.4 Å². The Morgan fingerprint density at radius 2 is 1.77 bits per heavy atom. The molecule has 2 aromatic carbocycles. The minimum Gasteiger partial charge on any atom is -0.334 e. The van der Waals surface area contributed by atoms with Gasteiger partial charge in [-0.2, -0.15) is 4.98 Å². The summed E-state index contributed by atoms with van der Waals surface area (Å²) in [7, 11) is -3.72. The maximum Gasteiger partial charge on any atom is 0.260 e. The van der Waals surface area contributed by atoms with E-state index in [2.05, 4.69) is 20.2 Å². The molecule has 9 heteroatoms. The van der Waals surface area contributed by atoms with Crippen molar-refractivity contribution in [2.24, 2.45) is 0 Å². The van der Waals surface area contributed by atoms with Gasteiger partial charge < -0.3 is 9.84 Å². The maximum atomic E-state index is 13.0. The molecule has 0 fully saturated rings. The maximum absolute atomic E-state index is 13.0. The zero-order chi connectivity index (χ0) is 22.8. The van der Waals surface area contributed by atoms with Gasteiger partial charge in [0.25, 0.3) is 11.8 Å². The van der Waals surface area contributed by atoms with Gasteiger partial charge in [0.2, 0.25) is 10.0 Å². The molecule has 3 rings (SSSR count). The molecule has 1 aromatic heterocycles. The predicted molar refractivity (Wildman–Crippen MR) is 118 cm³/mol. The summed E-state index contributed by atoms with van der Waals surface area (Å²) in [5.74, 6) is 0.537. The third kappa shape index (κ3) is 5.18. The molecule has 0 aliphatic rings. The van der Waals surface area contributed by atoms with Crippen LogP contribution in [0, 0.1) is 6.92 Å². The van der Waals surface area contributed by atoms with Crippen molar-refractivity contribution < 1.29 is 17.7 Å². The second-order valence-corrected chi connectivity index (χ2v) is 9.58. The first-order chi connectivity index (χ1) is 14.6. The van der Waals surface area contributed by atoms with Crippen LogP contribution in [0.15, 0.2) is 51.9 Å². The highest BCUT2D eigenvalue weighted by Crippen LogP contribution is 2.31. The van der Waals surface area contributed by atoms with Crippen molar-refractivity contribution in [3.05, 3.63) is 59.4 Å². The van der Waals surface area contributed by atoms with Gasteiger partial charge >= 0.3 is 0 Å². The van der Waals surface area contributed by atoms with Crippen molar-refractivity contribution in [1.82, 2.24) is 14.9 Å². The fourth-order valence-corrected chi connectivity index (χ4v) is 4.26. The molecule has 2 N–H and O–H groups in total. The summed E-state index contributed by atoms with van der Waals surface area (Å²) in [6, 6.07) is 11.1. The lowest BCUT2D eigenvalue weighted by molar-refractivity contribution is 0.102. The lowest BCUT2D eigenvalue weighted by Gasteiger charge is -2.13. The summed E-state index contributed by atoms with van der Waals surface area (Å²) in [6.07, 6.45) is 0. The summed E-state index contributed by atoms with van der Waals surface area (Å²) < 4.78 is 32.8. The molecule has 0 radical (unpaired) electrons. The van der Waals surface area contributed by atoms with Crippen LogP contribution < -0.4 is 10.0 Å². The van der Waals surface area contributed by atoms with Crippen LogP contribution in [-0.2, 0) is 10.0 Å². The van der Waals surface area contributed by atoms with Gasteiger partial charge in [-0.25, -0.2) is 13.1 Å². The second kappa shape index (κ2) is 8.99. The van der Waals surface area contributed by atoms with Gasteiger partial charge in [0.1, 0.15) is 0 Å². The second-order valence-electron chi connectivity index (χ2n) is 7.87. The molecule has 0 atom stereocenters. The van der Waals surface area contributed by atoms with E-state index in [9.17, 15) is 13.2 Å². The lowest BCUT2D eigenvalue weighted by atomic mass is 10.1. The Balaban J connectivity index is 1.93. The standard InChI is InChI=1S/C22H26N4O4S/c1-13(2)20-24-22(30-25-20)18-11-6-8-15(5)19(18)23-21(27)16-9-7-10-17(12-16)31(28,29)26-14(3)4/h6-14,26H,1-5H3,(H,23,27). The number of para-hydroxylation sites is 1. The Morgan fingerprint density at radius 3 is 2.42 bits per heavy atom. The van der Waals surface area contributed by atoms with Gasteiger partial charge in [0, 0.05) is 17.5 Å². The monoisotopic (exact) mass is 442 g/mol. The van der Waals surface area contributed by atoms with Gasteiger partial charge in [-0.05, 0) is 50.6 Å². The topological polar surface area (TPSA) is 114 Å². The number of nitrogens with zero attached hydrogens (tertiary/aromatic N) is 2. The number of nitrogens with one attached hydrogen (secondary N) is 2. The van der Waals surface area contributed by atoms with Crippen molar-refractivity contribution in [2.45, 2.75) is 51.5 Å². The van der Waals surface area contributed by atoms with Crippen LogP contribution in [0.2, 0.25) is 0 Å². The van der Waals surface area contributed by atoms with Crippen LogP contribution in [0.3, 0.4) is 0 Å². The van der Waals surface area contributed by atoms with E-state index in [0.29, 0.717) is 23.0 Å². The van der Waals surface area contributed by atoms with Crippen LogP contribution in [0.1, 0.15) is 55.4 Å². The Bertz CT molecular complexity index is 1200. The van der Waals surface area contributed by atoms with Gasteiger partial charge in [0.05, 0.1) is 16.1 Å². The fraction of sp³-hybridized carbons (Fsp3) is 0.318. The Labute approximate surface area is 182 Å². The van der Waals surface area contributed by atoms with Crippen molar-refractivity contribution >= 4 is 21.6 Å². The molecule has 0 spiro atoms. The first-order valence-corrected chi connectivity index (χ1v) is 11.4.